The van der Waals surface area contributed by atoms with Gasteiger partial charge in [-0.2, -0.15) is 0 Å². The van der Waals surface area contributed by atoms with E-state index in [1.807, 2.05) is 0 Å². The highest BCUT2D eigenvalue weighted by atomic mass is 16.3. The van der Waals surface area contributed by atoms with Crippen LogP contribution >= 0.6 is 0 Å². The van der Waals surface area contributed by atoms with Gasteiger partial charge in [0.25, 0.3) is 0 Å². The lowest BCUT2D eigenvalue weighted by Gasteiger charge is -2.50. The van der Waals surface area contributed by atoms with Crippen LogP contribution in [0.4, 0.5) is 0 Å². The Morgan fingerprint density at radius 1 is 0.714 bits per heavy atom. The molecule has 35 heavy (non-hydrogen) atoms. The number of hydrogen-bond donors (Lipinski definition) is 2. The summed E-state index contributed by atoms with van der Waals surface area (Å²) in [5.41, 5.74) is 10.7. The molecule has 4 aromatic carbocycles. The van der Waals surface area contributed by atoms with Crippen LogP contribution < -0.4 is 0 Å². The minimum absolute atomic E-state index is 0.0244. The first-order chi connectivity index (χ1) is 17.2. The van der Waals surface area contributed by atoms with Gasteiger partial charge in [-0.15, -0.1) is 0 Å². The first-order valence-electron chi connectivity index (χ1n) is 12.4. The average Bonchev–Trinajstić information content (AvgIpc) is 3.22. The second-order valence-corrected chi connectivity index (χ2v) is 10.4. The summed E-state index contributed by atoms with van der Waals surface area (Å²) < 4.78 is 0. The fourth-order valence-electron chi connectivity index (χ4n) is 7.54. The molecule has 0 saturated carbocycles. The van der Waals surface area contributed by atoms with Gasteiger partial charge in [-0.25, -0.2) is 0 Å². The third-order valence-electron chi connectivity index (χ3n) is 8.79. The maximum atomic E-state index is 10.1. The standard InChI is InChI=1S/C33H24O2/c34-26-15-9-21(10-16-26)30(22-11-17-27(35)18-12-22)33-25-13-7-23-5-3-19-1-2-20-4-6-24(8-14-25)32(33)29(20)28(19)31(23)33/h1-3,5,7-18,25,30,34-35H,4,6H2. The van der Waals surface area contributed by atoms with Gasteiger partial charge >= 0.3 is 0 Å². The largest absolute Gasteiger partial charge is 0.508 e. The number of rotatable bonds is 3. The van der Waals surface area contributed by atoms with Crippen LogP contribution in [0.25, 0.3) is 22.4 Å². The Hall–Kier alpha value is -4.04. The number of aryl methyl sites for hydroxylation is 1. The summed E-state index contributed by atoms with van der Waals surface area (Å²) in [6.07, 6.45) is 11.6. The molecule has 0 saturated heterocycles. The third kappa shape index (κ3) is 2.30. The van der Waals surface area contributed by atoms with Gasteiger partial charge in [-0.3, -0.25) is 0 Å². The molecule has 0 fully saturated rings. The SMILES string of the molecule is Oc1ccc(C(c2ccc(O)cc2)C23C4=C5C=CC2C=Cc2ccc6ccc(c4c6c23)CC5)cc1. The van der Waals surface area contributed by atoms with Gasteiger partial charge in [-0.1, -0.05) is 72.8 Å². The lowest BCUT2D eigenvalue weighted by atomic mass is 9.52. The summed E-state index contributed by atoms with van der Waals surface area (Å²) in [6.45, 7) is 0. The number of aromatic hydroxyl groups is 2. The molecule has 4 aliphatic rings. The molecule has 2 unspecified atom stereocenters. The maximum absolute atomic E-state index is 10.1. The molecule has 0 amide bonds. The quantitative estimate of drug-likeness (QED) is 0.344. The van der Waals surface area contributed by atoms with E-state index in [9.17, 15) is 10.2 Å². The molecule has 0 aliphatic heterocycles. The Bertz CT molecular complexity index is 1610. The van der Waals surface area contributed by atoms with Crippen molar-refractivity contribution >= 4 is 22.4 Å². The molecule has 0 heterocycles. The molecule has 0 bridgehead atoms. The predicted molar refractivity (Wildman–Crippen MR) is 141 cm³/mol. The number of hydrogen-bond acceptors (Lipinski definition) is 2. The van der Waals surface area contributed by atoms with Crippen molar-refractivity contribution in [1.29, 1.82) is 0 Å². The van der Waals surface area contributed by atoms with E-state index >= 15 is 0 Å². The van der Waals surface area contributed by atoms with Crippen LogP contribution in [-0.2, 0) is 11.8 Å². The van der Waals surface area contributed by atoms with Crippen LogP contribution in [0.15, 0.2) is 96.6 Å². The smallest absolute Gasteiger partial charge is 0.115 e. The van der Waals surface area contributed by atoms with Crippen molar-refractivity contribution in [3.8, 4) is 11.5 Å². The highest BCUT2D eigenvalue weighted by Gasteiger charge is 2.58. The third-order valence-corrected chi connectivity index (χ3v) is 8.79. The van der Waals surface area contributed by atoms with E-state index < -0.39 is 0 Å². The fraction of sp³-hybridized carbons (Fsp3) is 0.152. The molecule has 0 radical (unpaired) electrons. The monoisotopic (exact) mass is 452 g/mol. The zero-order valence-electron chi connectivity index (χ0n) is 19.2. The summed E-state index contributed by atoms with van der Waals surface area (Å²) in [6, 6.07) is 24.8. The summed E-state index contributed by atoms with van der Waals surface area (Å²) >= 11 is 0. The van der Waals surface area contributed by atoms with Crippen molar-refractivity contribution in [2.75, 3.05) is 0 Å². The molecule has 2 N–H and O–H groups in total. The Balaban J connectivity index is 1.56. The van der Waals surface area contributed by atoms with E-state index in [-0.39, 0.29) is 28.7 Å². The molecule has 4 aromatic rings. The Labute approximate surface area is 204 Å². The molecule has 168 valence electrons. The number of benzene rings is 4. The molecular formula is C33H24O2. The number of phenolic OH excluding ortho intramolecular Hbond substituents is 2. The number of allylic oxidation sites excluding steroid dienone is 5. The number of phenols is 2. The lowest BCUT2D eigenvalue weighted by molar-refractivity contribution is 0.415. The van der Waals surface area contributed by atoms with Crippen LogP contribution in [0.1, 0.15) is 45.7 Å². The van der Waals surface area contributed by atoms with E-state index in [2.05, 4.69) is 72.8 Å². The van der Waals surface area contributed by atoms with Gasteiger partial charge < -0.3 is 10.2 Å². The maximum Gasteiger partial charge on any atom is 0.115 e. The van der Waals surface area contributed by atoms with E-state index in [4.69, 9.17) is 0 Å². The van der Waals surface area contributed by atoms with Crippen molar-refractivity contribution in [3.63, 3.8) is 0 Å². The van der Waals surface area contributed by atoms with E-state index in [1.54, 1.807) is 24.3 Å². The Morgan fingerprint density at radius 3 is 2.09 bits per heavy atom. The highest BCUT2D eigenvalue weighted by Crippen LogP contribution is 2.68. The van der Waals surface area contributed by atoms with Crippen molar-refractivity contribution < 1.29 is 10.2 Å². The van der Waals surface area contributed by atoms with Crippen molar-refractivity contribution in [2.24, 2.45) is 5.92 Å². The normalized spacial score (nSPS) is 22.6. The second-order valence-electron chi connectivity index (χ2n) is 10.4. The van der Waals surface area contributed by atoms with Crippen LogP contribution in [0.2, 0.25) is 0 Å². The molecule has 8 rings (SSSR count). The van der Waals surface area contributed by atoms with Crippen molar-refractivity contribution in [3.05, 3.63) is 130 Å². The van der Waals surface area contributed by atoms with Crippen LogP contribution in [0.5, 0.6) is 11.5 Å². The molecular weight excluding hydrogens is 428 g/mol. The first-order valence-corrected chi connectivity index (χ1v) is 12.4. The van der Waals surface area contributed by atoms with E-state index in [1.165, 1.54) is 55.3 Å². The minimum Gasteiger partial charge on any atom is -0.508 e. The van der Waals surface area contributed by atoms with Gasteiger partial charge in [-0.05, 0) is 92.4 Å². The molecule has 0 spiro atoms. The van der Waals surface area contributed by atoms with Gasteiger partial charge in [0, 0.05) is 17.3 Å². The van der Waals surface area contributed by atoms with Gasteiger partial charge in [0.2, 0.25) is 0 Å². The molecule has 2 heteroatoms. The van der Waals surface area contributed by atoms with Crippen LogP contribution in [-0.4, -0.2) is 10.2 Å². The summed E-state index contributed by atoms with van der Waals surface area (Å²) in [5.74, 6) is 0.793. The summed E-state index contributed by atoms with van der Waals surface area (Å²) in [4.78, 5) is 0. The van der Waals surface area contributed by atoms with Gasteiger partial charge in [0.15, 0.2) is 0 Å². The average molecular weight is 453 g/mol. The predicted octanol–water partition coefficient (Wildman–Crippen LogP) is 7.25. The summed E-state index contributed by atoms with van der Waals surface area (Å²) in [7, 11) is 0. The van der Waals surface area contributed by atoms with Crippen LogP contribution in [0.3, 0.4) is 0 Å². The zero-order valence-corrected chi connectivity index (χ0v) is 19.2. The Kier molecular flexibility index (Phi) is 3.61. The van der Waals surface area contributed by atoms with Crippen LogP contribution in [0, 0.1) is 5.92 Å². The van der Waals surface area contributed by atoms with Crippen molar-refractivity contribution in [2.45, 2.75) is 24.2 Å². The highest BCUT2D eigenvalue weighted by molar-refractivity contribution is 6.11. The summed E-state index contributed by atoms with van der Waals surface area (Å²) in [5, 5.41) is 23.0. The molecule has 2 nitrogen and oxygen atoms in total. The lowest BCUT2D eigenvalue weighted by Crippen LogP contribution is -2.43. The van der Waals surface area contributed by atoms with Gasteiger partial charge in [0.1, 0.15) is 11.5 Å². The Morgan fingerprint density at radius 2 is 1.37 bits per heavy atom. The van der Waals surface area contributed by atoms with E-state index in [0.717, 1.165) is 12.8 Å². The van der Waals surface area contributed by atoms with E-state index in [0.29, 0.717) is 0 Å². The second kappa shape index (κ2) is 6.55. The topological polar surface area (TPSA) is 40.5 Å². The molecule has 4 aliphatic carbocycles. The first kappa shape index (κ1) is 19.3. The fourth-order valence-corrected chi connectivity index (χ4v) is 7.54. The molecule has 0 aromatic heterocycles. The molecule has 2 atom stereocenters. The van der Waals surface area contributed by atoms with Crippen molar-refractivity contribution in [1.82, 2.24) is 0 Å². The zero-order chi connectivity index (χ0) is 23.3. The minimum atomic E-state index is -0.277. The van der Waals surface area contributed by atoms with Gasteiger partial charge in [0.05, 0.1) is 0 Å².